The molecule has 1 aromatic heterocycles. The maximum absolute atomic E-state index is 12.6. The van der Waals surface area contributed by atoms with Crippen LogP contribution in [0.1, 0.15) is 25.1 Å². The lowest BCUT2D eigenvalue weighted by molar-refractivity contribution is -0.144. The fourth-order valence-corrected chi connectivity index (χ4v) is 1.81. The summed E-state index contributed by atoms with van der Waals surface area (Å²) in [7, 11) is 1.48. The van der Waals surface area contributed by atoms with Crippen molar-refractivity contribution in [1.29, 1.82) is 0 Å². The van der Waals surface area contributed by atoms with Gasteiger partial charge in [-0.25, -0.2) is 9.97 Å². The Morgan fingerprint density at radius 2 is 1.95 bits per heavy atom. The van der Waals surface area contributed by atoms with Crippen LogP contribution in [0, 0.1) is 0 Å². The van der Waals surface area contributed by atoms with Crippen molar-refractivity contribution in [3.63, 3.8) is 0 Å². The summed E-state index contributed by atoms with van der Waals surface area (Å²) < 4.78 is 37.8. The lowest BCUT2D eigenvalue weighted by Crippen LogP contribution is -2.43. The van der Waals surface area contributed by atoms with Crippen molar-refractivity contribution in [1.82, 2.24) is 9.97 Å². The number of nitrogens with zero attached hydrogens (tertiary/aromatic N) is 2. The Bertz CT molecular complexity index is 460. The zero-order valence-corrected chi connectivity index (χ0v) is 10.4. The van der Waals surface area contributed by atoms with Gasteiger partial charge in [0.25, 0.3) is 0 Å². The van der Waals surface area contributed by atoms with E-state index in [1.807, 2.05) is 0 Å². The van der Waals surface area contributed by atoms with Crippen LogP contribution in [-0.4, -0.2) is 34.3 Å². The second-order valence-electron chi connectivity index (χ2n) is 4.64. The van der Waals surface area contributed by atoms with Gasteiger partial charge in [0, 0.05) is 19.7 Å². The van der Waals surface area contributed by atoms with Crippen LogP contribution in [0.5, 0.6) is 0 Å². The highest BCUT2D eigenvalue weighted by atomic mass is 19.4. The Balaban J connectivity index is 2.15. The number of alkyl halides is 3. The Kier molecular flexibility index (Phi) is 3.53. The van der Waals surface area contributed by atoms with E-state index >= 15 is 0 Å². The van der Waals surface area contributed by atoms with E-state index in [2.05, 4.69) is 20.6 Å². The molecule has 0 aromatic carbocycles. The summed E-state index contributed by atoms with van der Waals surface area (Å²) in [5.41, 5.74) is -0.830. The van der Waals surface area contributed by atoms with E-state index in [-0.39, 0.29) is 18.2 Å². The minimum absolute atomic E-state index is 0.0481. The van der Waals surface area contributed by atoms with Crippen molar-refractivity contribution in [3.8, 4) is 0 Å². The molecule has 3 N–H and O–H groups in total. The van der Waals surface area contributed by atoms with Crippen molar-refractivity contribution in [2.45, 2.75) is 31.0 Å². The van der Waals surface area contributed by atoms with Crippen LogP contribution in [0.4, 0.5) is 24.8 Å². The average Bonchev–Trinajstić information content (AvgIpc) is 2.32. The van der Waals surface area contributed by atoms with Gasteiger partial charge in [-0.3, -0.25) is 0 Å². The first kappa shape index (κ1) is 13.9. The third-order valence-corrected chi connectivity index (χ3v) is 3.12. The summed E-state index contributed by atoms with van der Waals surface area (Å²) in [6.07, 6.45) is -2.37. The third kappa shape index (κ3) is 3.25. The van der Waals surface area contributed by atoms with Crippen LogP contribution >= 0.6 is 0 Å². The molecule has 0 spiro atoms. The van der Waals surface area contributed by atoms with Crippen molar-refractivity contribution in [2.75, 3.05) is 24.2 Å². The number of anilines is 2. The molecule has 1 heterocycles. The van der Waals surface area contributed by atoms with E-state index < -0.39 is 17.6 Å². The van der Waals surface area contributed by atoms with E-state index in [0.717, 1.165) is 6.42 Å². The molecule has 1 aliphatic carbocycles. The SMILES string of the molecule is CNc1cc(NCC2(O)CCC2)nc(C(F)(F)F)n1. The minimum Gasteiger partial charge on any atom is -0.388 e. The molecule has 1 fully saturated rings. The van der Waals surface area contributed by atoms with E-state index in [9.17, 15) is 18.3 Å². The Morgan fingerprint density at radius 3 is 2.42 bits per heavy atom. The van der Waals surface area contributed by atoms with Crippen LogP contribution < -0.4 is 10.6 Å². The number of aliphatic hydroxyl groups is 1. The Hall–Kier alpha value is -1.57. The lowest BCUT2D eigenvalue weighted by atomic mass is 9.80. The number of hydrogen-bond acceptors (Lipinski definition) is 5. The molecule has 1 saturated carbocycles. The maximum atomic E-state index is 12.6. The smallest absolute Gasteiger partial charge is 0.388 e. The topological polar surface area (TPSA) is 70.1 Å². The highest BCUT2D eigenvalue weighted by Gasteiger charge is 2.36. The molecule has 8 heteroatoms. The van der Waals surface area contributed by atoms with E-state index in [1.165, 1.54) is 13.1 Å². The number of rotatable bonds is 4. The van der Waals surface area contributed by atoms with Crippen LogP contribution in [0.15, 0.2) is 6.07 Å². The molecule has 0 unspecified atom stereocenters. The van der Waals surface area contributed by atoms with Crippen molar-refractivity contribution >= 4 is 11.6 Å². The molecule has 0 aliphatic heterocycles. The molecule has 2 rings (SSSR count). The van der Waals surface area contributed by atoms with Gasteiger partial charge in [-0.2, -0.15) is 13.2 Å². The highest BCUT2D eigenvalue weighted by Crippen LogP contribution is 2.32. The molecular formula is C11H15F3N4O. The summed E-state index contributed by atoms with van der Waals surface area (Å²) in [5, 5.41) is 15.2. The third-order valence-electron chi connectivity index (χ3n) is 3.12. The normalized spacial score (nSPS) is 17.7. The average molecular weight is 276 g/mol. The van der Waals surface area contributed by atoms with E-state index in [0.29, 0.717) is 12.8 Å². The molecule has 5 nitrogen and oxygen atoms in total. The summed E-state index contributed by atoms with van der Waals surface area (Å²) >= 11 is 0. The molecule has 106 valence electrons. The quantitative estimate of drug-likeness (QED) is 0.783. The van der Waals surface area contributed by atoms with Gasteiger partial charge >= 0.3 is 6.18 Å². The van der Waals surface area contributed by atoms with Gasteiger partial charge in [-0.05, 0) is 19.3 Å². The Morgan fingerprint density at radius 1 is 1.32 bits per heavy atom. The van der Waals surface area contributed by atoms with Gasteiger partial charge in [0.15, 0.2) is 0 Å². The second kappa shape index (κ2) is 4.84. The Labute approximate surface area is 108 Å². The molecule has 0 bridgehead atoms. The van der Waals surface area contributed by atoms with Crippen molar-refractivity contribution in [3.05, 3.63) is 11.9 Å². The number of halogens is 3. The maximum Gasteiger partial charge on any atom is 0.451 e. The lowest BCUT2D eigenvalue weighted by Gasteiger charge is -2.36. The minimum atomic E-state index is -4.60. The predicted molar refractivity (Wildman–Crippen MR) is 63.9 cm³/mol. The fourth-order valence-electron chi connectivity index (χ4n) is 1.81. The summed E-state index contributed by atoms with van der Waals surface area (Å²) in [6, 6.07) is 1.37. The van der Waals surface area contributed by atoms with Crippen molar-refractivity contribution < 1.29 is 18.3 Å². The first-order valence-corrected chi connectivity index (χ1v) is 5.93. The van der Waals surface area contributed by atoms with Gasteiger partial charge in [-0.1, -0.05) is 0 Å². The van der Waals surface area contributed by atoms with Gasteiger partial charge < -0.3 is 15.7 Å². The number of hydrogen-bond donors (Lipinski definition) is 3. The first-order valence-electron chi connectivity index (χ1n) is 5.93. The van der Waals surface area contributed by atoms with Crippen LogP contribution in [-0.2, 0) is 6.18 Å². The second-order valence-corrected chi connectivity index (χ2v) is 4.64. The van der Waals surface area contributed by atoms with Gasteiger partial charge in [0.2, 0.25) is 5.82 Å². The summed E-state index contributed by atoms with van der Waals surface area (Å²) in [4.78, 5) is 6.77. The fraction of sp³-hybridized carbons (Fsp3) is 0.636. The number of aromatic nitrogens is 2. The van der Waals surface area contributed by atoms with Gasteiger partial charge in [0.05, 0.1) is 5.60 Å². The zero-order chi connectivity index (χ0) is 14.1. The molecule has 19 heavy (non-hydrogen) atoms. The monoisotopic (exact) mass is 276 g/mol. The van der Waals surface area contributed by atoms with E-state index in [1.54, 1.807) is 0 Å². The highest BCUT2D eigenvalue weighted by molar-refractivity contribution is 5.47. The molecule has 0 amide bonds. The van der Waals surface area contributed by atoms with Gasteiger partial charge in [-0.15, -0.1) is 0 Å². The van der Waals surface area contributed by atoms with Crippen LogP contribution in [0.2, 0.25) is 0 Å². The summed E-state index contributed by atoms with van der Waals surface area (Å²) in [6.45, 7) is 0.185. The molecule has 0 saturated heterocycles. The van der Waals surface area contributed by atoms with E-state index in [4.69, 9.17) is 0 Å². The van der Waals surface area contributed by atoms with Crippen LogP contribution in [0.25, 0.3) is 0 Å². The predicted octanol–water partition coefficient (Wildman–Crippen LogP) is 1.86. The number of nitrogens with one attached hydrogen (secondary N) is 2. The molecule has 0 atom stereocenters. The molecule has 0 radical (unpaired) electrons. The van der Waals surface area contributed by atoms with Crippen LogP contribution in [0.3, 0.4) is 0 Å². The largest absolute Gasteiger partial charge is 0.451 e. The molecule has 1 aromatic rings. The molecular weight excluding hydrogens is 261 g/mol. The standard InChI is InChI=1S/C11H15F3N4O/c1-15-7-5-8(16-6-10(19)3-2-4-10)18-9(17-7)11(12,13)14/h5,19H,2-4,6H2,1H3,(H2,15,16,17,18). The first-order chi connectivity index (χ1) is 8.82. The zero-order valence-electron chi connectivity index (χ0n) is 10.4. The summed E-state index contributed by atoms with van der Waals surface area (Å²) in [5.74, 6) is -1.08. The molecule has 1 aliphatic rings. The van der Waals surface area contributed by atoms with Gasteiger partial charge in [0.1, 0.15) is 11.6 Å². The van der Waals surface area contributed by atoms with Crippen molar-refractivity contribution in [2.24, 2.45) is 0 Å².